The third kappa shape index (κ3) is 28.7. The van der Waals surface area contributed by atoms with Crippen LogP contribution in [-0.2, 0) is 19.7 Å². The molecule has 0 aromatic rings. The molecule has 24 heavy (non-hydrogen) atoms. The van der Waals surface area contributed by atoms with Crippen LogP contribution in [0.15, 0.2) is 12.2 Å². The Bertz CT molecular complexity index is 439. The molecular formula is C16H30O7S. The van der Waals surface area contributed by atoms with Crippen molar-refractivity contribution in [1.82, 2.24) is 0 Å². The molecule has 3 N–H and O–H groups in total. The van der Waals surface area contributed by atoms with Crippen molar-refractivity contribution in [1.29, 1.82) is 0 Å². The van der Waals surface area contributed by atoms with E-state index in [0.717, 1.165) is 12.8 Å². The average molecular weight is 366 g/mol. The van der Waals surface area contributed by atoms with Gasteiger partial charge in [-0.25, -0.2) is 9.59 Å². The van der Waals surface area contributed by atoms with E-state index in [0.29, 0.717) is 18.6 Å². The zero-order valence-electron chi connectivity index (χ0n) is 14.3. The fraction of sp³-hybridized carbons (Fsp3) is 0.750. The molecule has 0 aromatic carbocycles. The first-order chi connectivity index (χ1) is 11.2. The van der Waals surface area contributed by atoms with E-state index in [9.17, 15) is 18.0 Å². The summed E-state index contributed by atoms with van der Waals surface area (Å²) in [5.41, 5.74) is 0. The molecule has 0 amide bonds. The molecule has 0 rings (SSSR count). The summed E-state index contributed by atoms with van der Waals surface area (Å²) in [6.45, 7) is 2.22. The van der Waals surface area contributed by atoms with Gasteiger partial charge in [-0.1, -0.05) is 64.7 Å². The van der Waals surface area contributed by atoms with Crippen molar-refractivity contribution in [3.05, 3.63) is 12.2 Å². The second kappa shape index (κ2) is 16.4. The molecule has 0 saturated carbocycles. The first-order valence-electron chi connectivity index (χ1n) is 8.28. The Kier molecular flexibility index (Phi) is 17.0. The first kappa shape index (κ1) is 24.8. The number of aliphatic carboxylic acids is 2. The van der Waals surface area contributed by atoms with E-state index >= 15 is 0 Å². The van der Waals surface area contributed by atoms with Crippen LogP contribution in [0, 0.1) is 0 Å². The van der Waals surface area contributed by atoms with Gasteiger partial charge in [0.05, 0.1) is 5.75 Å². The summed E-state index contributed by atoms with van der Waals surface area (Å²) in [6.07, 6.45) is 12.8. The molecule has 0 atom stereocenters. The summed E-state index contributed by atoms with van der Waals surface area (Å²) in [5, 5.41) is 15.6. The van der Waals surface area contributed by atoms with Gasteiger partial charge in [-0.2, -0.15) is 8.42 Å². The molecule has 142 valence electrons. The number of carbonyl (C=O) groups is 2. The van der Waals surface area contributed by atoms with Gasteiger partial charge in [-0.15, -0.1) is 0 Å². The fourth-order valence-electron chi connectivity index (χ4n) is 1.91. The molecule has 0 aromatic heterocycles. The smallest absolute Gasteiger partial charge is 0.328 e. The van der Waals surface area contributed by atoms with E-state index in [1.165, 1.54) is 44.9 Å². The number of unbranched alkanes of at least 4 members (excludes halogenated alkanes) is 9. The molecule has 0 aliphatic carbocycles. The summed E-state index contributed by atoms with van der Waals surface area (Å²) >= 11 is 0. The predicted octanol–water partition coefficient (Wildman–Crippen LogP) is 3.51. The molecule has 7 nitrogen and oxygen atoms in total. The van der Waals surface area contributed by atoms with E-state index in [2.05, 4.69) is 6.92 Å². The minimum atomic E-state index is -3.73. The molecule has 0 fully saturated rings. The van der Waals surface area contributed by atoms with Crippen molar-refractivity contribution in [2.75, 3.05) is 5.75 Å². The summed E-state index contributed by atoms with van der Waals surface area (Å²) in [4.78, 5) is 19.1. The predicted molar refractivity (Wildman–Crippen MR) is 92.7 cm³/mol. The molecule has 0 bridgehead atoms. The Balaban J connectivity index is 0. The van der Waals surface area contributed by atoms with E-state index < -0.39 is 22.1 Å². The molecule has 0 unspecified atom stereocenters. The number of hydrogen-bond donors (Lipinski definition) is 3. The summed E-state index contributed by atoms with van der Waals surface area (Å²) in [5.74, 6) is -2.59. The lowest BCUT2D eigenvalue weighted by Crippen LogP contribution is -2.03. The molecule has 0 spiro atoms. The second-order valence-electron chi connectivity index (χ2n) is 5.48. The van der Waals surface area contributed by atoms with E-state index in [1.807, 2.05) is 0 Å². The topological polar surface area (TPSA) is 129 Å². The third-order valence-electron chi connectivity index (χ3n) is 3.12. The van der Waals surface area contributed by atoms with Gasteiger partial charge in [0.2, 0.25) is 0 Å². The Morgan fingerprint density at radius 3 is 1.38 bits per heavy atom. The number of rotatable bonds is 13. The van der Waals surface area contributed by atoms with Crippen LogP contribution in [-0.4, -0.2) is 40.9 Å². The Labute approximate surface area is 144 Å². The molecular weight excluding hydrogens is 336 g/mol. The van der Waals surface area contributed by atoms with Gasteiger partial charge in [0, 0.05) is 12.2 Å². The summed E-state index contributed by atoms with van der Waals surface area (Å²) < 4.78 is 29.4. The maximum atomic E-state index is 10.4. The standard InChI is InChI=1S/C12H26O3S.C4H4O4/c1-2-3-4-5-6-7-8-9-10-11-12-16(13,14)15;5-3(6)1-2-4(7)8/h2-12H2,1H3,(H,13,14,15);1-2H,(H,5,6)(H,7,8). The highest BCUT2D eigenvalue weighted by Crippen LogP contribution is 2.10. The normalized spacial score (nSPS) is 11.1. The fourth-order valence-corrected chi connectivity index (χ4v) is 2.48. The van der Waals surface area contributed by atoms with Crippen molar-refractivity contribution in [2.24, 2.45) is 0 Å². The second-order valence-corrected chi connectivity index (χ2v) is 7.05. The van der Waals surface area contributed by atoms with E-state index in [1.54, 1.807) is 0 Å². The van der Waals surface area contributed by atoms with Crippen LogP contribution in [0.4, 0.5) is 0 Å². The van der Waals surface area contributed by atoms with Crippen molar-refractivity contribution < 1.29 is 32.8 Å². The minimum Gasteiger partial charge on any atom is -0.478 e. The monoisotopic (exact) mass is 366 g/mol. The first-order valence-corrected chi connectivity index (χ1v) is 9.89. The largest absolute Gasteiger partial charge is 0.478 e. The summed E-state index contributed by atoms with van der Waals surface area (Å²) in [7, 11) is -3.73. The van der Waals surface area contributed by atoms with Gasteiger partial charge in [-0.05, 0) is 6.42 Å². The van der Waals surface area contributed by atoms with Crippen LogP contribution in [0.25, 0.3) is 0 Å². The van der Waals surface area contributed by atoms with Gasteiger partial charge in [0.25, 0.3) is 10.1 Å². The van der Waals surface area contributed by atoms with Crippen LogP contribution >= 0.6 is 0 Å². The highest BCUT2D eigenvalue weighted by molar-refractivity contribution is 7.85. The zero-order chi connectivity index (χ0) is 18.8. The molecule has 0 aliphatic rings. The molecule has 0 saturated heterocycles. The molecule has 0 heterocycles. The number of carboxylic acids is 2. The maximum Gasteiger partial charge on any atom is 0.328 e. The Hall–Kier alpha value is -1.41. The van der Waals surface area contributed by atoms with Crippen LogP contribution in [0.5, 0.6) is 0 Å². The van der Waals surface area contributed by atoms with E-state index in [-0.39, 0.29) is 5.75 Å². The lowest BCUT2D eigenvalue weighted by atomic mass is 10.1. The van der Waals surface area contributed by atoms with Crippen molar-refractivity contribution in [3.63, 3.8) is 0 Å². The number of hydrogen-bond acceptors (Lipinski definition) is 4. The highest BCUT2D eigenvalue weighted by atomic mass is 32.2. The minimum absolute atomic E-state index is 0.0799. The SMILES string of the molecule is CCCCCCCCCCCCS(=O)(=O)O.O=C(O)C=CC(=O)O. The van der Waals surface area contributed by atoms with Crippen molar-refractivity contribution in [3.8, 4) is 0 Å². The van der Waals surface area contributed by atoms with Gasteiger partial charge >= 0.3 is 11.9 Å². The van der Waals surface area contributed by atoms with Gasteiger partial charge in [0.1, 0.15) is 0 Å². The highest BCUT2D eigenvalue weighted by Gasteiger charge is 2.02. The molecule has 0 aliphatic heterocycles. The van der Waals surface area contributed by atoms with Crippen molar-refractivity contribution >= 4 is 22.1 Å². The van der Waals surface area contributed by atoms with Crippen LogP contribution in [0.2, 0.25) is 0 Å². The quantitative estimate of drug-likeness (QED) is 0.258. The zero-order valence-corrected chi connectivity index (χ0v) is 15.1. The molecule has 0 radical (unpaired) electrons. The summed E-state index contributed by atoms with van der Waals surface area (Å²) in [6, 6.07) is 0. The third-order valence-corrected chi connectivity index (χ3v) is 3.93. The Morgan fingerprint density at radius 2 is 1.08 bits per heavy atom. The van der Waals surface area contributed by atoms with Crippen LogP contribution < -0.4 is 0 Å². The lowest BCUT2D eigenvalue weighted by Gasteiger charge is -2.01. The van der Waals surface area contributed by atoms with Gasteiger partial charge in [-0.3, -0.25) is 4.55 Å². The lowest BCUT2D eigenvalue weighted by molar-refractivity contribution is -0.134. The maximum absolute atomic E-state index is 10.4. The van der Waals surface area contributed by atoms with Crippen molar-refractivity contribution in [2.45, 2.75) is 71.1 Å². The van der Waals surface area contributed by atoms with Gasteiger partial charge in [0.15, 0.2) is 0 Å². The van der Waals surface area contributed by atoms with Crippen LogP contribution in [0.3, 0.4) is 0 Å². The van der Waals surface area contributed by atoms with E-state index in [4.69, 9.17) is 14.8 Å². The van der Waals surface area contributed by atoms with Crippen LogP contribution in [0.1, 0.15) is 71.1 Å². The average Bonchev–Trinajstić information content (AvgIpc) is 2.46. The van der Waals surface area contributed by atoms with Gasteiger partial charge < -0.3 is 10.2 Å². The number of carboxylic acid groups (broad SMARTS) is 2. The molecule has 8 heteroatoms. The Morgan fingerprint density at radius 1 is 0.750 bits per heavy atom.